The van der Waals surface area contributed by atoms with Gasteiger partial charge in [0, 0.05) is 12.4 Å². The van der Waals surface area contributed by atoms with Crippen LogP contribution >= 0.6 is 11.8 Å². The van der Waals surface area contributed by atoms with E-state index in [1.807, 2.05) is 36.7 Å². The summed E-state index contributed by atoms with van der Waals surface area (Å²) in [6.07, 6.45) is 3.78. The van der Waals surface area contributed by atoms with Gasteiger partial charge in [-0.3, -0.25) is 4.90 Å². The molecule has 3 aromatic rings. The Morgan fingerprint density at radius 3 is 2.08 bits per heavy atom. The van der Waals surface area contributed by atoms with E-state index in [0.717, 1.165) is 44.0 Å². The van der Waals surface area contributed by atoms with E-state index in [1.165, 1.54) is 0 Å². The molecule has 1 aromatic carbocycles. The fraction of sp³-hybridized carbons (Fsp3) is 0.158. The van der Waals surface area contributed by atoms with Gasteiger partial charge in [0.05, 0.1) is 22.6 Å². The van der Waals surface area contributed by atoms with Crippen LogP contribution in [0.1, 0.15) is 11.1 Å². The van der Waals surface area contributed by atoms with Crippen molar-refractivity contribution in [1.29, 1.82) is 0 Å². The molecule has 1 aliphatic rings. The van der Waals surface area contributed by atoms with E-state index < -0.39 is 0 Å². The molecule has 0 aliphatic carbocycles. The molecule has 1 aliphatic heterocycles. The summed E-state index contributed by atoms with van der Waals surface area (Å²) < 4.78 is 5.57. The van der Waals surface area contributed by atoms with Crippen molar-refractivity contribution in [3.8, 4) is 5.75 Å². The molecule has 120 valence electrons. The molecule has 0 bridgehead atoms. The van der Waals surface area contributed by atoms with Crippen molar-refractivity contribution >= 4 is 29.1 Å². The number of nitrogens with zero attached hydrogens (tertiary/aromatic N) is 3. The molecule has 0 saturated heterocycles. The van der Waals surface area contributed by atoms with Crippen LogP contribution in [0.15, 0.2) is 58.6 Å². The van der Waals surface area contributed by atoms with Crippen molar-refractivity contribution in [2.75, 3.05) is 12.0 Å². The summed E-state index contributed by atoms with van der Waals surface area (Å²) in [7, 11) is 1.69. The third kappa shape index (κ3) is 2.41. The highest BCUT2D eigenvalue weighted by molar-refractivity contribution is 7.99. The van der Waals surface area contributed by atoms with Crippen LogP contribution in [0, 0.1) is 13.8 Å². The predicted octanol–water partition coefficient (Wildman–Crippen LogP) is 5.04. The van der Waals surface area contributed by atoms with Crippen LogP contribution in [-0.2, 0) is 0 Å². The first-order chi connectivity index (χ1) is 11.7. The Kier molecular flexibility index (Phi) is 3.65. The second kappa shape index (κ2) is 5.83. The zero-order chi connectivity index (χ0) is 16.7. The zero-order valence-corrected chi connectivity index (χ0v) is 14.6. The Balaban J connectivity index is 1.99. The normalized spacial score (nSPS) is 12.5. The van der Waals surface area contributed by atoms with E-state index in [2.05, 4.69) is 40.8 Å². The van der Waals surface area contributed by atoms with Crippen LogP contribution in [0.4, 0.5) is 17.3 Å². The number of benzene rings is 1. The number of hydrogen-bond acceptors (Lipinski definition) is 5. The van der Waals surface area contributed by atoms with Crippen LogP contribution in [0.3, 0.4) is 0 Å². The lowest BCUT2D eigenvalue weighted by molar-refractivity contribution is 0.416. The average molecular weight is 335 g/mol. The average Bonchev–Trinajstić information content (AvgIpc) is 2.59. The van der Waals surface area contributed by atoms with Gasteiger partial charge in [-0.05, 0) is 49.2 Å². The van der Waals surface area contributed by atoms with Crippen LogP contribution in [0.25, 0.3) is 0 Å². The molecule has 5 heteroatoms. The van der Waals surface area contributed by atoms with Crippen molar-refractivity contribution in [2.45, 2.75) is 23.6 Å². The Bertz CT molecular complexity index is 875. The standard InChI is InChI=1S/C19H17N3OS/c1-12-8-16-18(20-10-12)22(14-6-4-5-7-15(14)23-3)19-17(24-16)9-13(2)11-21-19/h4-11H,1-3H3. The highest BCUT2D eigenvalue weighted by Crippen LogP contribution is 2.51. The lowest BCUT2D eigenvalue weighted by atomic mass is 10.2. The van der Waals surface area contributed by atoms with E-state index in [9.17, 15) is 0 Å². The maximum atomic E-state index is 5.57. The first-order valence-electron chi connectivity index (χ1n) is 7.71. The van der Waals surface area contributed by atoms with Crippen molar-refractivity contribution in [3.05, 3.63) is 59.9 Å². The first-order valence-corrected chi connectivity index (χ1v) is 8.53. The number of ether oxygens (including phenoxy) is 1. The van der Waals surface area contributed by atoms with Gasteiger partial charge in [0.1, 0.15) is 5.75 Å². The highest BCUT2D eigenvalue weighted by atomic mass is 32.2. The number of methoxy groups -OCH3 is 1. The minimum Gasteiger partial charge on any atom is -0.495 e. The van der Waals surface area contributed by atoms with Gasteiger partial charge in [0.25, 0.3) is 0 Å². The van der Waals surface area contributed by atoms with Crippen LogP contribution in [0.5, 0.6) is 5.75 Å². The Labute approximate surface area is 145 Å². The van der Waals surface area contributed by atoms with Crippen LogP contribution in [0.2, 0.25) is 0 Å². The number of anilines is 3. The van der Waals surface area contributed by atoms with Gasteiger partial charge in [0.15, 0.2) is 11.6 Å². The molecule has 0 unspecified atom stereocenters. The highest BCUT2D eigenvalue weighted by Gasteiger charge is 2.29. The Morgan fingerprint density at radius 2 is 1.50 bits per heavy atom. The lowest BCUT2D eigenvalue weighted by Gasteiger charge is -2.31. The number of hydrogen-bond donors (Lipinski definition) is 0. The molecule has 2 aromatic heterocycles. The van der Waals surface area contributed by atoms with E-state index in [0.29, 0.717) is 0 Å². The molecule has 4 rings (SSSR count). The molecule has 0 spiro atoms. The molecule has 0 radical (unpaired) electrons. The van der Waals surface area contributed by atoms with Gasteiger partial charge < -0.3 is 4.74 Å². The Hall–Kier alpha value is -2.53. The van der Waals surface area contributed by atoms with E-state index in [-0.39, 0.29) is 0 Å². The molecule has 0 N–H and O–H groups in total. The summed E-state index contributed by atoms with van der Waals surface area (Å²) in [6.45, 7) is 4.12. The fourth-order valence-corrected chi connectivity index (χ4v) is 4.02. The summed E-state index contributed by atoms with van der Waals surface area (Å²) in [5.41, 5.74) is 3.23. The number of para-hydroxylation sites is 2. The number of aromatic nitrogens is 2. The minimum absolute atomic E-state index is 0.797. The smallest absolute Gasteiger partial charge is 0.152 e. The predicted molar refractivity (Wildman–Crippen MR) is 96.9 cm³/mol. The van der Waals surface area contributed by atoms with Gasteiger partial charge in [-0.2, -0.15) is 0 Å². The van der Waals surface area contributed by atoms with Crippen molar-refractivity contribution in [1.82, 2.24) is 9.97 Å². The lowest BCUT2D eigenvalue weighted by Crippen LogP contribution is -2.18. The second-order valence-electron chi connectivity index (χ2n) is 5.78. The van der Waals surface area contributed by atoms with Crippen LogP contribution < -0.4 is 9.64 Å². The topological polar surface area (TPSA) is 38.2 Å². The number of rotatable bonds is 2. The summed E-state index contributed by atoms with van der Waals surface area (Å²) in [4.78, 5) is 13.7. The monoisotopic (exact) mass is 335 g/mol. The summed E-state index contributed by atoms with van der Waals surface area (Å²) in [5.74, 6) is 2.57. The number of fused-ring (bicyclic) bond motifs is 2. The second-order valence-corrected chi connectivity index (χ2v) is 6.86. The summed E-state index contributed by atoms with van der Waals surface area (Å²) in [5, 5.41) is 0. The summed E-state index contributed by atoms with van der Waals surface area (Å²) in [6, 6.07) is 12.3. The van der Waals surface area contributed by atoms with E-state index >= 15 is 0 Å². The molecule has 3 heterocycles. The number of aryl methyl sites for hydroxylation is 2. The first kappa shape index (κ1) is 15.0. The van der Waals surface area contributed by atoms with Gasteiger partial charge in [-0.25, -0.2) is 9.97 Å². The summed E-state index contributed by atoms with van der Waals surface area (Å²) >= 11 is 1.72. The third-order valence-corrected chi connectivity index (χ3v) is 4.95. The molecule has 0 saturated carbocycles. The van der Waals surface area contributed by atoms with Crippen molar-refractivity contribution in [3.63, 3.8) is 0 Å². The minimum atomic E-state index is 0.797. The number of pyridine rings is 2. The van der Waals surface area contributed by atoms with Gasteiger partial charge in [-0.1, -0.05) is 23.9 Å². The molecule has 0 fully saturated rings. The van der Waals surface area contributed by atoms with Crippen molar-refractivity contribution in [2.24, 2.45) is 0 Å². The maximum absolute atomic E-state index is 5.57. The molecular weight excluding hydrogens is 318 g/mol. The van der Waals surface area contributed by atoms with Gasteiger partial charge in [0.2, 0.25) is 0 Å². The van der Waals surface area contributed by atoms with Crippen LogP contribution in [-0.4, -0.2) is 17.1 Å². The van der Waals surface area contributed by atoms with E-state index in [4.69, 9.17) is 4.74 Å². The zero-order valence-electron chi connectivity index (χ0n) is 13.8. The van der Waals surface area contributed by atoms with Gasteiger partial charge >= 0.3 is 0 Å². The van der Waals surface area contributed by atoms with Gasteiger partial charge in [-0.15, -0.1) is 0 Å². The van der Waals surface area contributed by atoms with E-state index in [1.54, 1.807) is 18.9 Å². The fourth-order valence-electron chi connectivity index (χ4n) is 2.82. The molecule has 0 amide bonds. The molecule has 0 atom stereocenters. The Morgan fingerprint density at radius 1 is 0.917 bits per heavy atom. The third-order valence-electron chi connectivity index (χ3n) is 3.91. The largest absolute Gasteiger partial charge is 0.495 e. The molecule has 24 heavy (non-hydrogen) atoms. The molecular formula is C19H17N3OS. The molecule has 4 nitrogen and oxygen atoms in total. The SMILES string of the molecule is COc1ccccc1N1c2ncc(C)cc2Sc2cc(C)cnc21. The maximum Gasteiger partial charge on any atom is 0.152 e. The van der Waals surface area contributed by atoms with Crippen molar-refractivity contribution < 1.29 is 4.74 Å². The quantitative estimate of drug-likeness (QED) is 0.513.